The first kappa shape index (κ1) is 17.9. The third-order valence-electron chi connectivity index (χ3n) is 3.86. The Bertz CT molecular complexity index is 939. The number of hydrogen-bond donors (Lipinski definition) is 0. The van der Waals surface area contributed by atoms with E-state index in [1.54, 1.807) is 25.2 Å². The number of carbonyl (C=O) groups excluding carboxylic acids is 1. The Morgan fingerprint density at radius 2 is 2.08 bits per heavy atom. The van der Waals surface area contributed by atoms with Crippen molar-refractivity contribution in [2.24, 2.45) is 0 Å². The van der Waals surface area contributed by atoms with E-state index < -0.39 is 0 Å². The van der Waals surface area contributed by atoms with Gasteiger partial charge in [0, 0.05) is 17.6 Å². The molecule has 0 unspecified atom stereocenters. The molecule has 0 atom stereocenters. The molecular weight excluding hydrogens is 354 g/mol. The Hall–Kier alpha value is -2.86. The summed E-state index contributed by atoms with van der Waals surface area (Å²) < 4.78 is 10.5. The number of ether oxygens (including phenoxy) is 1. The van der Waals surface area contributed by atoms with Crippen LogP contribution in [-0.4, -0.2) is 35.1 Å². The van der Waals surface area contributed by atoms with Gasteiger partial charge < -0.3 is 14.2 Å². The maximum absolute atomic E-state index is 12.7. The Morgan fingerprint density at radius 1 is 1.27 bits per heavy atom. The van der Waals surface area contributed by atoms with Crippen LogP contribution in [0.1, 0.15) is 21.8 Å². The number of rotatable bonds is 5. The van der Waals surface area contributed by atoms with Crippen molar-refractivity contribution in [2.75, 3.05) is 14.2 Å². The van der Waals surface area contributed by atoms with Crippen molar-refractivity contribution in [1.82, 2.24) is 15.0 Å². The van der Waals surface area contributed by atoms with E-state index in [9.17, 15) is 4.79 Å². The average Bonchev–Trinajstić information content (AvgIpc) is 3.09. The molecule has 0 fully saturated rings. The molecule has 7 heteroatoms. The molecule has 1 heterocycles. The van der Waals surface area contributed by atoms with Gasteiger partial charge in [-0.25, -0.2) is 0 Å². The van der Waals surface area contributed by atoms with Gasteiger partial charge in [-0.05, 0) is 31.2 Å². The minimum Gasteiger partial charge on any atom is -0.496 e. The number of nitrogens with zero attached hydrogens (tertiary/aromatic N) is 3. The van der Waals surface area contributed by atoms with Crippen LogP contribution in [0.2, 0.25) is 5.02 Å². The van der Waals surface area contributed by atoms with Crippen molar-refractivity contribution in [3.05, 3.63) is 64.5 Å². The molecule has 1 amide bonds. The van der Waals surface area contributed by atoms with Crippen LogP contribution in [0.3, 0.4) is 0 Å². The number of aryl methyl sites for hydroxylation is 1. The lowest BCUT2D eigenvalue weighted by Gasteiger charge is -2.16. The Morgan fingerprint density at radius 3 is 2.81 bits per heavy atom. The summed E-state index contributed by atoms with van der Waals surface area (Å²) in [5.41, 5.74) is 2.35. The highest BCUT2D eigenvalue weighted by molar-refractivity contribution is 6.31. The molecular formula is C19H18ClN3O3. The summed E-state index contributed by atoms with van der Waals surface area (Å²) in [4.78, 5) is 18.5. The highest BCUT2D eigenvalue weighted by Gasteiger charge is 2.20. The van der Waals surface area contributed by atoms with Gasteiger partial charge in [0.1, 0.15) is 12.3 Å². The predicted molar refractivity (Wildman–Crippen MR) is 98.3 cm³/mol. The second-order valence-corrected chi connectivity index (χ2v) is 6.32. The highest BCUT2D eigenvalue weighted by atomic mass is 35.5. The van der Waals surface area contributed by atoms with Crippen molar-refractivity contribution in [2.45, 2.75) is 13.5 Å². The van der Waals surface area contributed by atoms with Gasteiger partial charge in [0.05, 0.1) is 12.7 Å². The lowest BCUT2D eigenvalue weighted by molar-refractivity contribution is 0.0766. The molecule has 0 saturated heterocycles. The maximum atomic E-state index is 12.7. The standard InChI is InChI=1S/C19H18ClN3O3/c1-12-5-4-6-13(9-12)18-21-17(26-22-18)11-23(2)19(24)15-10-14(20)7-8-16(15)25-3/h4-10H,11H2,1-3H3. The van der Waals surface area contributed by atoms with E-state index >= 15 is 0 Å². The number of hydrogen-bond acceptors (Lipinski definition) is 5. The van der Waals surface area contributed by atoms with Crippen LogP contribution in [0.5, 0.6) is 5.75 Å². The molecule has 3 aromatic rings. The van der Waals surface area contributed by atoms with Crippen molar-refractivity contribution in [3.8, 4) is 17.1 Å². The van der Waals surface area contributed by atoms with Crippen LogP contribution >= 0.6 is 11.6 Å². The van der Waals surface area contributed by atoms with Gasteiger partial charge in [-0.1, -0.05) is 40.5 Å². The summed E-state index contributed by atoms with van der Waals surface area (Å²) in [5.74, 6) is 1.04. The predicted octanol–water partition coefficient (Wildman–Crippen LogP) is 3.98. The zero-order valence-electron chi connectivity index (χ0n) is 14.7. The summed E-state index contributed by atoms with van der Waals surface area (Å²) in [5, 5.41) is 4.45. The molecule has 0 saturated carbocycles. The lowest BCUT2D eigenvalue weighted by Crippen LogP contribution is -2.26. The van der Waals surface area contributed by atoms with Gasteiger partial charge in [-0.3, -0.25) is 4.79 Å². The topological polar surface area (TPSA) is 68.5 Å². The molecule has 134 valence electrons. The molecule has 26 heavy (non-hydrogen) atoms. The molecule has 1 aromatic heterocycles. The van der Waals surface area contributed by atoms with E-state index in [1.165, 1.54) is 12.0 Å². The zero-order valence-corrected chi connectivity index (χ0v) is 15.4. The third-order valence-corrected chi connectivity index (χ3v) is 4.09. The fourth-order valence-corrected chi connectivity index (χ4v) is 2.72. The van der Waals surface area contributed by atoms with Crippen LogP contribution in [0.4, 0.5) is 0 Å². The molecule has 0 aliphatic carbocycles. The van der Waals surface area contributed by atoms with Crippen LogP contribution in [-0.2, 0) is 6.54 Å². The second-order valence-electron chi connectivity index (χ2n) is 5.89. The smallest absolute Gasteiger partial charge is 0.257 e. The SMILES string of the molecule is COc1ccc(Cl)cc1C(=O)N(C)Cc1nc(-c2cccc(C)c2)no1. The Balaban J connectivity index is 1.77. The minimum absolute atomic E-state index is 0.174. The van der Waals surface area contributed by atoms with Gasteiger partial charge in [0.25, 0.3) is 5.91 Å². The molecule has 0 bridgehead atoms. The van der Waals surface area contributed by atoms with Crippen molar-refractivity contribution < 1.29 is 14.1 Å². The van der Waals surface area contributed by atoms with Crippen LogP contribution in [0.25, 0.3) is 11.4 Å². The highest BCUT2D eigenvalue weighted by Crippen LogP contribution is 2.24. The fourth-order valence-electron chi connectivity index (χ4n) is 2.55. The van der Waals surface area contributed by atoms with E-state index in [4.69, 9.17) is 20.9 Å². The minimum atomic E-state index is -0.250. The number of aromatic nitrogens is 2. The molecule has 3 rings (SSSR count). The van der Waals surface area contributed by atoms with Crippen molar-refractivity contribution in [1.29, 1.82) is 0 Å². The second kappa shape index (κ2) is 7.58. The molecule has 0 aliphatic heterocycles. The summed E-state index contributed by atoms with van der Waals surface area (Å²) in [6, 6.07) is 12.7. The monoisotopic (exact) mass is 371 g/mol. The first-order valence-corrected chi connectivity index (χ1v) is 8.34. The molecule has 0 radical (unpaired) electrons. The molecule has 2 aromatic carbocycles. The average molecular weight is 372 g/mol. The van der Waals surface area contributed by atoms with E-state index in [0.717, 1.165) is 11.1 Å². The van der Waals surface area contributed by atoms with Gasteiger partial charge in [0.2, 0.25) is 11.7 Å². The summed E-state index contributed by atoms with van der Waals surface area (Å²) >= 11 is 6.00. The van der Waals surface area contributed by atoms with E-state index in [2.05, 4.69) is 10.1 Å². The van der Waals surface area contributed by atoms with E-state index in [1.807, 2.05) is 31.2 Å². The number of benzene rings is 2. The normalized spacial score (nSPS) is 10.6. The number of amides is 1. The van der Waals surface area contributed by atoms with E-state index in [0.29, 0.717) is 28.1 Å². The summed E-state index contributed by atoms with van der Waals surface area (Å²) in [7, 11) is 3.16. The van der Waals surface area contributed by atoms with Crippen LogP contribution in [0.15, 0.2) is 47.0 Å². The zero-order chi connectivity index (χ0) is 18.7. The third kappa shape index (κ3) is 3.86. The molecule has 0 N–H and O–H groups in total. The Kier molecular flexibility index (Phi) is 5.23. The molecule has 0 aliphatic rings. The maximum Gasteiger partial charge on any atom is 0.257 e. The van der Waals surface area contributed by atoms with E-state index in [-0.39, 0.29) is 12.5 Å². The summed E-state index contributed by atoms with van der Waals surface area (Å²) in [6.07, 6.45) is 0. The number of methoxy groups -OCH3 is 1. The first-order chi connectivity index (χ1) is 12.5. The summed E-state index contributed by atoms with van der Waals surface area (Å²) in [6.45, 7) is 2.17. The first-order valence-electron chi connectivity index (χ1n) is 7.96. The number of carbonyl (C=O) groups is 1. The Labute approximate surface area is 156 Å². The molecule has 0 spiro atoms. The lowest BCUT2D eigenvalue weighted by atomic mass is 10.1. The molecule has 6 nitrogen and oxygen atoms in total. The van der Waals surface area contributed by atoms with Gasteiger partial charge in [-0.15, -0.1) is 0 Å². The quantitative estimate of drug-likeness (QED) is 0.678. The van der Waals surface area contributed by atoms with Crippen molar-refractivity contribution >= 4 is 17.5 Å². The van der Waals surface area contributed by atoms with Crippen LogP contribution in [0, 0.1) is 6.92 Å². The van der Waals surface area contributed by atoms with Crippen molar-refractivity contribution in [3.63, 3.8) is 0 Å². The number of halogens is 1. The fraction of sp³-hybridized carbons (Fsp3) is 0.211. The largest absolute Gasteiger partial charge is 0.496 e. The van der Waals surface area contributed by atoms with Gasteiger partial charge >= 0.3 is 0 Å². The van der Waals surface area contributed by atoms with Gasteiger partial charge in [-0.2, -0.15) is 4.98 Å². The van der Waals surface area contributed by atoms with Gasteiger partial charge in [0.15, 0.2) is 0 Å². The van der Waals surface area contributed by atoms with Crippen LogP contribution < -0.4 is 4.74 Å².